The second-order valence-corrected chi connectivity index (χ2v) is 12.3. The molecule has 4 aromatic rings. The minimum absolute atomic E-state index is 0.0568. The van der Waals surface area contributed by atoms with E-state index in [2.05, 4.69) is 17.1 Å². The molecule has 1 amide bonds. The maximum Gasteiger partial charge on any atom is 0.301 e. The summed E-state index contributed by atoms with van der Waals surface area (Å²) >= 11 is 2.55. The zero-order valence-electron chi connectivity index (χ0n) is 24.4. The molecule has 1 saturated heterocycles. The lowest BCUT2D eigenvalue weighted by atomic mass is 9.95. The molecule has 1 atom stereocenters. The van der Waals surface area contributed by atoms with E-state index < -0.39 is 17.7 Å². The predicted molar refractivity (Wildman–Crippen MR) is 170 cm³/mol. The number of nitrogens with zero attached hydrogens (tertiary/aromatic N) is 3. The third kappa shape index (κ3) is 7.11. The van der Waals surface area contributed by atoms with Gasteiger partial charge in [-0.2, -0.15) is 0 Å². The number of benzene rings is 3. The summed E-state index contributed by atoms with van der Waals surface area (Å²) in [5, 5.41) is 20.2. The van der Waals surface area contributed by atoms with Gasteiger partial charge >= 0.3 is 5.91 Å². The van der Waals surface area contributed by atoms with Crippen LogP contribution in [-0.2, 0) is 15.3 Å². The highest BCUT2D eigenvalue weighted by atomic mass is 32.2. The highest BCUT2D eigenvalue weighted by molar-refractivity contribution is 8.00. The van der Waals surface area contributed by atoms with Gasteiger partial charge in [0.2, 0.25) is 5.13 Å². The van der Waals surface area contributed by atoms with E-state index in [-0.39, 0.29) is 22.3 Å². The molecule has 11 heteroatoms. The van der Waals surface area contributed by atoms with Gasteiger partial charge in [0.25, 0.3) is 5.78 Å². The maximum atomic E-state index is 13.6. The van der Waals surface area contributed by atoms with Crippen LogP contribution in [0, 0.1) is 5.82 Å². The molecule has 3 aromatic carbocycles. The summed E-state index contributed by atoms with van der Waals surface area (Å²) in [5.74, 6) is -0.510. The predicted octanol–water partition coefficient (Wildman–Crippen LogP) is 7.56. The number of Topliss-reactive ketones (excluding diaryl/α,β-unsaturated/α-hetero) is 1. The number of halogens is 1. The number of amides is 1. The number of hydrogen-bond acceptors (Lipinski definition) is 9. The van der Waals surface area contributed by atoms with Crippen molar-refractivity contribution < 1.29 is 28.6 Å². The first-order valence-electron chi connectivity index (χ1n) is 14.4. The summed E-state index contributed by atoms with van der Waals surface area (Å²) in [5.41, 5.74) is 1.80. The number of anilines is 1. The number of aromatic nitrogens is 2. The van der Waals surface area contributed by atoms with Crippen LogP contribution in [0.4, 0.5) is 9.52 Å². The molecule has 8 nitrogen and oxygen atoms in total. The van der Waals surface area contributed by atoms with Crippen LogP contribution in [0.15, 0.2) is 82.7 Å². The first-order chi connectivity index (χ1) is 21.4. The molecule has 1 unspecified atom stereocenters. The smallest absolute Gasteiger partial charge is 0.301 e. The van der Waals surface area contributed by atoms with Crippen molar-refractivity contribution in [2.45, 2.75) is 49.2 Å². The lowest BCUT2D eigenvalue weighted by Gasteiger charge is -2.23. The number of carbonyl (C=O) groups excluding carboxylic acids is 2. The van der Waals surface area contributed by atoms with E-state index >= 15 is 0 Å². The molecule has 1 aliphatic rings. The molecule has 1 aliphatic heterocycles. The van der Waals surface area contributed by atoms with E-state index in [9.17, 15) is 19.1 Å². The number of ether oxygens (including phenoxy) is 2. The van der Waals surface area contributed by atoms with E-state index in [1.807, 2.05) is 13.0 Å². The first kappa shape index (κ1) is 31.2. The van der Waals surface area contributed by atoms with Gasteiger partial charge < -0.3 is 14.6 Å². The average molecular weight is 634 g/mol. The Bertz CT molecular complexity index is 1640. The number of carbonyl (C=O) groups is 2. The van der Waals surface area contributed by atoms with Crippen molar-refractivity contribution in [3.8, 4) is 11.5 Å². The van der Waals surface area contributed by atoms with Crippen molar-refractivity contribution in [1.29, 1.82) is 0 Å². The van der Waals surface area contributed by atoms with Gasteiger partial charge in [0, 0.05) is 11.3 Å². The van der Waals surface area contributed by atoms with Crippen molar-refractivity contribution in [1.82, 2.24) is 10.2 Å². The third-order valence-corrected chi connectivity index (χ3v) is 8.99. The van der Waals surface area contributed by atoms with Gasteiger partial charge in [-0.15, -0.1) is 10.2 Å². The third-order valence-electron chi connectivity index (χ3n) is 6.86. The molecule has 228 valence electrons. The van der Waals surface area contributed by atoms with E-state index in [1.54, 1.807) is 54.6 Å². The number of aliphatic hydroxyl groups excluding tert-OH is 1. The van der Waals surface area contributed by atoms with Crippen molar-refractivity contribution in [3.05, 3.63) is 101 Å². The van der Waals surface area contributed by atoms with Gasteiger partial charge in [-0.25, -0.2) is 4.39 Å². The quantitative estimate of drug-likeness (QED) is 0.0402. The Morgan fingerprint density at radius 3 is 2.43 bits per heavy atom. The molecule has 0 bridgehead atoms. The van der Waals surface area contributed by atoms with Crippen LogP contribution >= 0.6 is 23.1 Å². The molecule has 1 N–H and O–H groups in total. The number of thioether (sulfide) groups is 1. The lowest BCUT2D eigenvalue weighted by molar-refractivity contribution is -0.132. The standard InChI is InChI=1S/C33H32FN3O5S2/c1-3-5-18-42-26-8-6-7-23(19-26)28-27(29(38)22-11-15-25(16-12-22)41-17-4-2)30(39)31(40)37(28)32-35-36-33(44-32)43-20-21-9-13-24(34)14-10-21/h6-16,19,28,38H,3-5,17-18,20H2,1-2H3/b29-27+. The first-order valence-corrected chi connectivity index (χ1v) is 16.2. The van der Waals surface area contributed by atoms with Crippen LogP contribution in [0.3, 0.4) is 0 Å². The van der Waals surface area contributed by atoms with Crippen molar-refractivity contribution in [3.63, 3.8) is 0 Å². The fourth-order valence-corrected chi connectivity index (χ4v) is 6.45. The van der Waals surface area contributed by atoms with Gasteiger partial charge in [-0.1, -0.05) is 67.6 Å². The van der Waals surface area contributed by atoms with Gasteiger partial charge in [-0.05, 0) is 72.5 Å². The molecule has 1 fully saturated rings. The topological polar surface area (TPSA) is 102 Å². The van der Waals surface area contributed by atoms with E-state index in [0.717, 1.165) is 36.2 Å². The number of ketones is 1. The summed E-state index contributed by atoms with van der Waals surface area (Å²) in [6.07, 6.45) is 2.70. The van der Waals surface area contributed by atoms with Crippen LogP contribution in [0.1, 0.15) is 55.8 Å². The van der Waals surface area contributed by atoms with Crippen LogP contribution in [0.25, 0.3) is 5.76 Å². The summed E-state index contributed by atoms with van der Waals surface area (Å²) < 4.78 is 25.5. The summed E-state index contributed by atoms with van der Waals surface area (Å²) in [7, 11) is 0. The Hall–Kier alpha value is -4.22. The monoisotopic (exact) mass is 633 g/mol. The Morgan fingerprint density at radius 1 is 0.955 bits per heavy atom. The summed E-state index contributed by atoms with van der Waals surface area (Å²) in [4.78, 5) is 28.5. The normalized spacial score (nSPS) is 16.0. The Labute approximate surface area is 263 Å². The van der Waals surface area contributed by atoms with Crippen LogP contribution in [-0.4, -0.2) is 40.2 Å². The fraction of sp³-hybridized carbons (Fsp3) is 0.273. The molecule has 5 rings (SSSR count). The zero-order chi connectivity index (χ0) is 31.1. The van der Waals surface area contributed by atoms with Crippen molar-refractivity contribution in [2.75, 3.05) is 18.1 Å². The number of hydrogen-bond donors (Lipinski definition) is 1. The van der Waals surface area contributed by atoms with Crippen LogP contribution in [0.5, 0.6) is 11.5 Å². The molecule has 0 radical (unpaired) electrons. The second kappa shape index (κ2) is 14.5. The second-order valence-electron chi connectivity index (χ2n) is 10.1. The van der Waals surface area contributed by atoms with Gasteiger partial charge in [-0.3, -0.25) is 14.5 Å². The van der Waals surface area contributed by atoms with Crippen molar-refractivity contribution >= 4 is 45.7 Å². The Morgan fingerprint density at radius 2 is 1.70 bits per heavy atom. The highest BCUT2D eigenvalue weighted by Gasteiger charge is 2.48. The van der Waals surface area contributed by atoms with Crippen molar-refractivity contribution in [2.24, 2.45) is 0 Å². The van der Waals surface area contributed by atoms with E-state index in [0.29, 0.717) is 45.9 Å². The van der Waals surface area contributed by atoms with Gasteiger partial charge in [0.15, 0.2) is 4.34 Å². The van der Waals surface area contributed by atoms with Crippen LogP contribution < -0.4 is 14.4 Å². The molecular formula is C33H32FN3O5S2. The minimum Gasteiger partial charge on any atom is -0.507 e. The average Bonchev–Trinajstić information content (AvgIpc) is 3.61. The SMILES string of the molecule is CCCCOc1cccc(C2/C(=C(\O)c3ccc(OCCC)cc3)C(=O)C(=O)N2c2nnc(SCc3ccc(F)cc3)s2)c1. The number of unbranched alkanes of at least 4 members (excludes halogenated alkanes) is 1. The summed E-state index contributed by atoms with van der Waals surface area (Å²) in [6, 6.07) is 19.1. The van der Waals surface area contributed by atoms with E-state index in [1.165, 1.54) is 28.8 Å². The number of rotatable bonds is 13. The lowest BCUT2D eigenvalue weighted by Crippen LogP contribution is -2.29. The molecule has 2 heterocycles. The van der Waals surface area contributed by atoms with Gasteiger partial charge in [0.05, 0.1) is 24.8 Å². The Kier molecular flexibility index (Phi) is 10.3. The molecule has 44 heavy (non-hydrogen) atoms. The highest BCUT2D eigenvalue weighted by Crippen LogP contribution is 2.44. The zero-order valence-corrected chi connectivity index (χ0v) is 26.0. The van der Waals surface area contributed by atoms with E-state index in [4.69, 9.17) is 9.47 Å². The summed E-state index contributed by atoms with van der Waals surface area (Å²) in [6.45, 7) is 5.16. The molecule has 1 aromatic heterocycles. The van der Waals surface area contributed by atoms with Crippen LogP contribution in [0.2, 0.25) is 0 Å². The minimum atomic E-state index is -0.969. The fourth-order valence-electron chi connectivity index (χ4n) is 4.62. The Balaban J connectivity index is 1.51. The molecule has 0 spiro atoms. The maximum absolute atomic E-state index is 13.6. The van der Waals surface area contributed by atoms with Gasteiger partial charge in [0.1, 0.15) is 23.1 Å². The molecular weight excluding hydrogens is 602 g/mol. The largest absolute Gasteiger partial charge is 0.507 e. The molecule has 0 saturated carbocycles. The molecule has 0 aliphatic carbocycles. The number of aliphatic hydroxyl groups is 1.